The summed E-state index contributed by atoms with van der Waals surface area (Å²) in [6, 6.07) is 12.7. The molecule has 3 heteroatoms. The monoisotopic (exact) mass is 289 g/mol. The van der Waals surface area contributed by atoms with Crippen molar-refractivity contribution < 1.29 is 8.78 Å². The minimum atomic E-state index is -0.777. The van der Waals surface area contributed by atoms with Crippen LogP contribution in [0.1, 0.15) is 23.1 Å². The van der Waals surface area contributed by atoms with Crippen LogP contribution in [0.5, 0.6) is 0 Å². The van der Waals surface area contributed by atoms with E-state index in [4.69, 9.17) is 0 Å². The summed E-state index contributed by atoms with van der Waals surface area (Å²) in [6.45, 7) is 2.09. The molecule has 0 radical (unpaired) electrons. The van der Waals surface area contributed by atoms with Crippen molar-refractivity contribution in [1.82, 2.24) is 5.32 Å². The number of hydrogen-bond acceptors (Lipinski definition) is 1. The van der Waals surface area contributed by atoms with Crippen LogP contribution in [-0.4, -0.2) is 13.1 Å². The van der Waals surface area contributed by atoms with E-state index in [0.717, 1.165) is 18.9 Å². The maximum atomic E-state index is 13.7. The van der Waals surface area contributed by atoms with Gasteiger partial charge in [-0.3, -0.25) is 0 Å². The molecule has 21 heavy (non-hydrogen) atoms. The van der Waals surface area contributed by atoms with Crippen LogP contribution < -0.4 is 5.32 Å². The Hall–Kier alpha value is -1.74. The van der Waals surface area contributed by atoms with E-state index in [2.05, 4.69) is 24.4 Å². The van der Waals surface area contributed by atoms with Gasteiger partial charge in [0.1, 0.15) is 0 Å². The van der Waals surface area contributed by atoms with Gasteiger partial charge in [-0.1, -0.05) is 36.4 Å². The van der Waals surface area contributed by atoms with E-state index in [9.17, 15) is 8.78 Å². The Labute approximate surface area is 125 Å². The lowest BCUT2D eigenvalue weighted by atomic mass is 9.97. The number of hydrogen-bond donors (Lipinski definition) is 1. The lowest BCUT2D eigenvalue weighted by Crippen LogP contribution is -2.28. The lowest BCUT2D eigenvalue weighted by Gasteiger charge is -2.17. The van der Waals surface area contributed by atoms with Gasteiger partial charge in [-0.05, 0) is 56.0 Å². The van der Waals surface area contributed by atoms with Crippen molar-refractivity contribution >= 4 is 0 Å². The molecule has 2 aromatic carbocycles. The minimum absolute atomic E-state index is 0.126. The van der Waals surface area contributed by atoms with Gasteiger partial charge >= 0.3 is 0 Å². The molecule has 0 amide bonds. The van der Waals surface area contributed by atoms with Gasteiger partial charge < -0.3 is 5.32 Å². The first kappa shape index (κ1) is 15.6. The number of benzene rings is 2. The Kier molecular flexibility index (Phi) is 5.45. The highest BCUT2D eigenvalue weighted by Gasteiger charge is 2.13. The van der Waals surface area contributed by atoms with Crippen molar-refractivity contribution in [3.8, 4) is 0 Å². The fourth-order valence-electron chi connectivity index (χ4n) is 2.54. The van der Waals surface area contributed by atoms with Gasteiger partial charge in [-0.25, -0.2) is 8.78 Å². The van der Waals surface area contributed by atoms with Crippen LogP contribution in [-0.2, 0) is 12.8 Å². The topological polar surface area (TPSA) is 12.0 Å². The van der Waals surface area contributed by atoms with Crippen LogP contribution in [0.25, 0.3) is 0 Å². The molecule has 1 N–H and O–H groups in total. The first-order valence-corrected chi connectivity index (χ1v) is 7.26. The molecule has 0 heterocycles. The molecule has 0 aliphatic carbocycles. The number of rotatable bonds is 6. The maximum Gasteiger partial charge on any atom is 0.162 e. The molecule has 0 fully saturated rings. The first-order valence-electron chi connectivity index (χ1n) is 7.26. The Morgan fingerprint density at radius 1 is 1.00 bits per heavy atom. The lowest BCUT2D eigenvalue weighted by molar-refractivity contribution is 0.473. The fraction of sp³-hybridized carbons (Fsp3) is 0.333. The zero-order valence-electron chi connectivity index (χ0n) is 12.5. The van der Waals surface area contributed by atoms with E-state index in [0.29, 0.717) is 12.0 Å². The summed E-state index contributed by atoms with van der Waals surface area (Å²) in [5, 5.41) is 3.20. The van der Waals surface area contributed by atoms with E-state index < -0.39 is 11.6 Å². The molecule has 1 nitrogen and oxygen atoms in total. The van der Waals surface area contributed by atoms with Gasteiger partial charge in [-0.15, -0.1) is 0 Å². The second kappa shape index (κ2) is 7.32. The predicted molar refractivity (Wildman–Crippen MR) is 82.4 cm³/mol. The highest BCUT2D eigenvalue weighted by molar-refractivity contribution is 5.26. The Bertz CT molecular complexity index is 596. The number of halogens is 2. The third-order valence-electron chi connectivity index (χ3n) is 3.93. The molecule has 0 spiro atoms. The van der Waals surface area contributed by atoms with E-state index in [1.54, 1.807) is 12.1 Å². The first-order chi connectivity index (χ1) is 10.1. The maximum absolute atomic E-state index is 13.7. The van der Waals surface area contributed by atoms with Crippen molar-refractivity contribution in [1.29, 1.82) is 0 Å². The third-order valence-corrected chi connectivity index (χ3v) is 3.93. The highest BCUT2D eigenvalue weighted by atomic mass is 19.2. The van der Waals surface area contributed by atoms with Crippen LogP contribution in [0.4, 0.5) is 8.78 Å². The van der Waals surface area contributed by atoms with Gasteiger partial charge in [0.15, 0.2) is 11.6 Å². The van der Waals surface area contributed by atoms with E-state index in [-0.39, 0.29) is 6.04 Å². The van der Waals surface area contributed by atoms with Crippen molar-refractivity contribution in [2.75, 3.05) is 7.05 Å². The summed E-state index contributed by atoms with van der Waals surface area (Å²) in [4.78, 5) is 0. The van der Waals surface area contributed by atoms with Crippen LogP contribution in [0.15, 0.2) is 42.5 Å². The molecule has 0 saturated carbocycles. The average Bonchev–Trinajstić information content (AvgIpc) is 2.49. The summed E-state index contributed by atoms with van der Waals surface area (Å²) >= 11 is 0. The van der Waals surface area contributed by atoms with Gasteiger partial charge in [-0.2, -0.15) is 0 Å². The minimum Gasteiger partial charge on any atom is -0.317 e. The predicted octanol–water partition coefficient (Wildman–Crippen LogP) is 4.04. The van der Waals surface area contributed by atoms with Crippen molar-refractivity contribution in [3.63, 3.8) is 0 Å². The SMILES string of the molecule is CNC(CCc1ccccc1C)Cc1cccc(F)c1F. The number of aryl methyl sites for hydroxylation is 2. The van der Waals surface area contributed by atoms with Gasteiger partial charge in [0.05, 0.1) is 0 Å². The van der Waals surface area contributed by atoms with Gasteiger partial charge in [0.2, 0.25) is 0 Å². The summed E-state index contributed by atoms with van der Waals surface area (Å²) in [6.07, 6.45) is 2.30. The zero-order chi connectivity index (χ0) is 15.2. The molecular weight excluding hydrogens is 268 g/mol. The summed E-state index contributed by atoms with van der Waals surface area (Å²) in [5.41, 5.74) is 3.00. The van der Waals surface area contributed by atoms with Crippen molar-refractivity contribution in [2.45, 2.75) is 32.2 Å². The Morgan fingerprint density at radius 3 is 2.43 bits per heavy atom. The molecular formula is C18H21F2N. The van der Waals surface area contributed by atoms with Crippen molar-refractivity contribution in [2.24, 2.45) is 0 Å². The van der Waals surface area contributed by atoms with Gasteiger partial charge in [0.25, 0.3) is 0 Å². The number of nitrogens with one attached hydrogen (secondary N) is 1. The number of likely N-dealkylation sites (N-methyl/N-ethyl adjacent to an activating group) is 1. The molecule has 0 aliphatic rings. The molecule has 0 aliphatic heterocycles. The second-order valence-corrected chi connectivity index (χ2v) is 5.37. The third kappa shape index (κ3) is 4.11. The normalized spacial score (nSPS) is 12.4. The van der Waals surface area contributed by atoms with Crippen LogP contribution >= 0.6 is 0 Å². The summed E-state index contributed by atoms with van der Waals surface area (Å²) in [7, 11) is 1.86. The van der Waals surface area contributed by atoms with E-state index >= 15 is 0 Å². The fourth-order valence-corrected chi connectivity index (χ4v) is 2.54. The quantitative estimate of drug-likeness (QED) is 0.846. The highest BCUT2D eigenvalue weighted by Crippen LogP contribution is 2.16. The second-order valence-electron chi connectivity index (χ2n) is 5.37. The molecule has 112 valence electrons. The van der Waals surface area contributed by atoms with Crippen molar-refractivity contribution in [3.05, 3.63) is 70.8 Å². The largest absolute Gasteiger partial charge is 0.317 e. The zero-order valence-corrected chi connectivity index (χ0v) is 12.5. The van der Waals surface area contributed by atoms with Crippen LogP contribution in [0.3, 0.4) is 0 Å². The molecule has 1 atom stereocenters. The van der Waals surface area contributed by atoms with Crippen LogP contribution in [0, 0.1) is 18.6 Å². The molecule has 0 bridgehead atoms. The smallest absolute Gasteiger partial charge is 0.162 e. The summed E-state index contributed by atoms with van der Waals surface area (Å²) < 4.78 is 27.0. The van der Waals surface area contributed by atoms with E-state index in [1.165, 1.54) is 11.1 Å². The summed E-state index contributed by atoms with van der Waals surface area (Å²) in [5.74, 6) is -1.50. The molecule has 0 saturated heterocycles. The van der Waals surface area contributed by atoms with E-state index in [1.807, 2.05) is 19.2 Å². The average molecular weight is 289 g/mol. The molecule has 0 aromatic heterocycles. The van der Waals surface area contributed by atoms with Gasteiger partial charge in [0, 0.05) is 6.04 Å². The molecule has 1 unspecified atom stereocenters. The van der Waals surface area contributed by atoms with Crippen LogP contribution in [0.2, 0.25) is 0 Å². The Balaban J connectivity index is 2.01. The Morgan fingerprint density at radius 2 is 1.71 bits per heavy atom. The molecule has 2 aromatic rings. The standard InChI is InChI=1S/C18H21F2N/c1-13-6-3-4-7-14(13)10-11-16(21-2)12-15-8-5-9-17(19)18(15)20/h3-9,16,21H,10-12H2,1-2H3. The molecule has 2 rings (SSSR count).